The van der Waals surface area contributed by atoms with E-state index in [1.165, 1.54) is 6.92 Å². The Hall–Kier alpha value is -2.33. The number of hydrogen-bond donors (Lipinski definition) is 1. The highest BCUT2D eigenvalue weighted by Gasteiger charge is 2.18. The fourth-order valence-electron chi connectivity index (χ4n) is 3.16. The molecule has 0 heterocycles. The van der Waals surface area contributed by atoms with Crippen molar-refractivity contribution in [2.45, 2.75) is 40.7 Å². The smallest absolute Gasteiger partial charge is 0.223 e. The van der Waals surface area contributed by atoms with Gasteiger partial charge in [-0.3, -0.25) is 9.59 Å². The molecule has 2 amide bonds. The number of rotatable bonds is 6. The van der Waals surface area contributed by atoms with Crippen molar-refractivity contribution < 1.29 is 9.59 Å². The number of aryl methyl sites for hydroxylation is 3. The molecule has 0 radical (unpaired) electrons. The maximum Gasteiger partial charge on any atom is 0.223 e. The van der Waals surface area contributed by atoms with Crippen molar-refractivity contribution in [2.24, 2.45) is 0 Å². The quantitative estimate of drug-likeness (QED) is 0.820. The van der Waals surface area contributed by atoms with Crippen LogP contribution in [0.3, 0.4) is 0 Å². The summed E-state index contributed by atoms with van der Waals surface area (Å²) in [6.07, 6.45) is 0.233. The summed E-state index contributed by atoms with van der Waals surface area (Å²) in [6, 6.07) is 11.5. The van der Waals surface area contributed by atoms with Gasteiger partial charge in [-0.05, 0) is 43.5 Å². The van der Waals surface area contributed by atoms with Crippen LogP contribution in [0.15, 0.2) is 36.4 Å². The van der Waals surface area contributed by atoms with Crippen LogP contribution in [0, 0.1) is 20.8 Å². The third-order valence-corrected chi connectivity index (χ3v) is 4.65. The minimum absolute atomic E-state index is 0.0704. The van der Waals surface area contributed by atoms with Crippen molar-refractivity contribution in [3.63, 3.8) is 0 Å². The third-order valence-electron chi connectivity index (χ3n) is 4.28. The molecular weight excluding hydrogens is 348 g/mol. The summed E-state index contributed by atoms with van der Waals surface area (Å²) in [4.78, 5) is 26.0. The number of anilines is 1. The molecule has 0 atom stereocenters. The van der Waals surface area contributed by atoms with Crippen LogP contribution in [-0.2, 0) is 16.1 Å². The lowest BCUT2D eigenvalue weighted by atomic mass is 10.0. The first-order valence-corrected chi connectivity index (χ1v) is 9.03. The molecule has 2 aromatic rings. The Morgan fingerprint density at radius 1 is 1.08 bits per heavy atom. The van der Waals surface area contributed by atoms with Crippen molar-refractivity contribution in [3.8, 4) is 0 Å². The highest BCUT2D eigenvalue weighted by molar-refractivity contribution is 6.31. The Kier molecular flexibility index (Phi) is 6.81. The molecule has 0 saturated carbocycles. The van der Waals surface area contributed by atoms with Gasteiger partial charge in [-0.25, -0.2) is 0 Å². The van der Waals surface area contributed by atoms with E-state index >= 15 is 0 Å². The van der Waals surface area contributed by atoms with E-state index in [0.29, 0.717) is 18.1 Å². The lowest BCUT2D eigenvalue weighted by Crippen LogP contribution is -2.34. The standard InChI is InChI=1S/C21H25ClN2O2/c1-14-11-15(2)21(16(3)12-14)24(17(4)25)10-9-20(26)23-13-18-7-5-6-8-19(18)22/h5-8,11-12H,9-10,13H2,1-4H3,(H,23,26). The maximum absolute atomic E-state index is 12.2. The number of benzene rings is 2. The molecule has 0 spiro atoms. The van der Waals surface area contributed by atoms with Gasteiger partial charge < -0.3 is 10.2 Å². The Labute approximate surface area is 160 Å². The zero-order valence-corrected chi connectivity index (χ0v) is 16.5. The first-order chi connectivity index (χ1) is 12.3. The number of hydrogen-bond acceptors (Lipinski definition) is 2. The molecule has 0 aliphatic heterocycles. The highest BCUT2D eigenvalue weighted by Crippen LogP contribution is 2.26. The molecule has 0 bridgehead atoms. The number of carbonyl (C=O) groups excluding carboxylic acids is 2. The summed E-state index contributed by atoms with van der Waals surface area (Å²) in [7, 11) is 0. The van der Waals surface area contributed by atoms with Gasteiger partial charge in [0, 0.05) is 37.1 Å². The van der Waals surface area contributed by atoms with Crippen molar-refractivity contribution in [1.82, 2.24) is 5.32 Å². The second-order valence-electron chi connectivity index (χ2n) is 6.54. The lowest BCUT2D eigenvalue weighted by molar-refractivity contribution is -0.121. The van der Waals surface area contributed by atoms with Crippen LogP contribution in [0.2, 0.25) is 5.02 Å². The number of nitrogens with one attached hydrogen (secondary N) is 1. The van der Waals surface area contributed by atoms with E-state index in [-0.39, 0.29) is 18.2 Å². The highest BCUT2D eigenvalue weighted by atomic mass is 35.5. The zero-order valence-electron chi connectivity index (χ0n) is 15.7. The Morgan fingerprint density at radius 2 is 1.69 bits per heavy atom. The van der Waals surface area contributed by atoms with E-state index in [4.69, 9.17) is 11.6 Å². The fourth-order valence-corrected chi connectivity index (χ4v) is 3.36. The van der Waals surface area contributed by atoms with Crippen LogP contribution in [-0.4, -0.2) is 18.4 Å². The molecule has 0 aliphatic carbocycles. The van der Waals surface area contributed by atoms with E-state index in [1.807, 2.05) is 39.0 Å². The second kappa shape index (κ2) is 8.86. The topological polar surface area (TPSA) is 49.4 Å². The van der Waals surface area contributed by atoms with Gasteiger partial charge in [0.15, 0.2) is 0 Å². The van der Waals surface area contributed by atoms with Gasteiger partial charge in [-0.15, -0.1) is 0 Å². The van der Waals surface area contributed by atoms with Crippen LogP contribution in [0.1, 0.15) is 35.6 Å². The van der Waals surface area contributed by atoms with Crippen molar-refractivity contribution in [1.29, 1.82) is 0 Å². The summed E-state index contributed by atoms with van der Waals surface area (Å²) < 4.78 is 0. The van der Waals surface area contributed by atoms with Gasteiger partial charge in [-0.1, -0.05) is 47.5 Å². The molecule has 0 fully saturated rings. The second-order valence-corrected chi connectivity index (χ2v) is 6.94. The number of halogens is 1. The molecular formula is C21H25ClN2O2. The number of carbonyl (C=O) groups is 2. The van der Waals surface area contributed by atoms with Crippen molar-refractivity contribution in [2.75, 3.05) is 11.4 Å². The molecule has 0 aromatic heterocycles. The molecule has 1 N–H and O–H groups in total. The van der Waals surface area contributed by atoms with Gasteiger partial charge >= 0.3 is 0 Å². The fraction of sp³-hybridized carbons (Fsp3) is 0.333. The molecule has 2 aromatic carbocycles. The maximum atomic E-state index is 12.2. The largest absolute Gasteiger partial charge is 0.352 e. The molecule has 0 saturated heterocycles. The summed E-state index contributed by atoms with van der Waals surface area (Å²) in [5.74, 6) is -0.183. The monoisotopic (exact) mass is 372 g/mol. The van der Waals surface area contributed by atoms with Crippen molar-refractivity contribution >= 4 is 29.1 Å². The summed E-state index contributed by atoms with van der Waals surface area (Å²) in [5.41, 5.74) is 4.99. The van der Waals surface area contributed by atoms with E-state index in [9.17, 15) is 9.59 Å². The number of nitrogens with zero attached hydrogens (tertiary/aromatic N) is 1. The average molecular weight is 373 g/mol. The molecule has 2 rings (SSSR count). The summed E-state index contributed by atoms with van der Waals surface area (Å²) >= 11 is 6.10. The first kappa shape index (κ1) is 20.0. The molecule has 26 heavy (non-hydrogen) atoms. The first-order valence-electron chi connectivity index (χ1n) is 8.65. The summed E-state index contributed by atoms with van der Waals surface area (Å²) in [5, 5.41) is 3.49. The molecule has 5 heteroatoms. The Balaban J connectivity index is 2.02. The van der Waals surface area contributed by atoms with E-state index in [0.717, 1.165) is 27.9 Å². The minimum atomic E-state index is -0.112. The van der Waals surface area contributed by atoms with E-state index in [1.54, 1.807) is 11.0 Å². The van der Waals surface area contributed by atoms with Gasteiger partial charge in [0.2, 0.25) is 11.8 Å². The molecule has 4 nitrogen and oxygen atoms in total. The minimum Gasteiger partial charge on any atom is -0.352 e. The predicted molar refractivity (Wildman–Crippen MR) is 107 cm³/mol. The van der Waals surface area contributed by atoms with Crippen LogP contribution < -0.4 is 10.2 Å². The SMILES string of the molecule is CC(=O)N(CCC(=O)NCc1ccccc1Cl)c1c(C)cc(C)cc1C. The van der Waals surface area contributed by atoms with Gasteiger partial charge in [0.1, 0.15) is 0 Å². The lowest BCUT2D eigenvalue weighted by Gasteiger charge is -2.25. The average Bonchev–Trinajstić information content (AvgIpc) is 2.55. The molecule has 0 aliphatic rings. The predicted octanol–water partition coefficient (Wildman–Crippen LogP) is 4.32. The van der Waals surface area contributed by atoms with Crippen molar-refractivity contribution in [3.05, 3.63) is 63.7 Å². The van der Waals surface area contributed by atoms with Crippen LogP contribution >= 0.6 is 11.6 Å². The van der Waals surface area contributed by atoms with Gasteiger partial charge in [0.05, 0.1) is 0 Å². The van der Waals surface area contributed by atoms with Crippen LogP contribution in [0.25, 0.3) is 0 Å². The van der Waals surface area contributed by atoms with Gasteiger partial charge in [-0.2, -0.15) is 0 Å². The van der Waals surface area contributed by atoms with Crippen LogP contribution in [0.5, 0.6) is 0 Å². The molecule has 0 unspecified atom stereocenters. The van der Waals surface area contributed by atoms with E-state index < -0.39 is 0 Å². The number of amides is 2. The van der Waals surface area contributed by atoms with Crippen LogP contribution in [0.4, 0.5) is 5.69 Å². The Bertz CT molecular complexity index is 794. The third kappa shape index (κ3) is 5.09. The van der Waals surface area contributed by atoms with Gasteiger partial charge in [0.25, 0.3) is 0 Å². The molecule has 138 valence electrons. The normalized spacial score (nSPS) is 10.5. The Morgan fingerprint density at radius 3 is 2.27 bits per heavy atom. The summed E-state index contributed by atoms with van der Waals surface area (Å²) in [6.45, 7) is 8.26. The van der Waals surface area contributed by atoms with E-state index in [2.05, 4.69) is 17.4 Å². The zero-order chi connectivity index (χ0) is 19.3.